The highest BCUT2D eigenvalue weighted by Crippen LogP contribution is 2.31. The molecule has 0 radical (unpaired) electrons. The second-order valence-electron chi connectivity index (χ2n) is 7.84. The summed E-state index contributed by atoms with van der Waals surface area (Å²) in [6.07, 6.45) is 1.81. The Kier molecular flexibility index (Phi) is 5.66. The van der Waals surface area contributed by atoms with Crippen LogP contribution in [0.4, 0.5) is 4.79 Å². The Hall–Kier alpha value is -3.93. The zero-order chi connectivity index (χ0) is 21.8. The summed E-state index contributed by atoms with van der Waals surface area (Å²) in [6, 6.07) is 25.8. The van der Waals surface area contributed by atoms with E-state index in [4.69, 9.17) is 9.47 Å². The predicted octanol–water partition coefficient (Wildman–Crippen LogP) is 4.44. The number of para-hydroxylation sites is 3. The first kappa shape index (κ1) is 20.0. The van der Waals surface area contributed by atoms with Gasteiger partial charge in [0.15, 0.2) is 17.6 Å². The van der Waals surface area contributed by atoms with Gasteiger partial charge in [0.2, 0.25) is 0 Å². The molecule has 3 aromatic carbocycles. The van der Waals surface area contributed by atoms with Crippen LogP contribution in [0.3, 0.4) is 0 Å². The van der Waals surface area contributed by atoms with Crippen LogP contribution in [0, 0.1) is 0 Å². The highest BCUT2D eigenvalue weighted by Gasteiger charge is 2.22. The van der Waals surface area contributed by atoms with E-state index in [9.17, 15) is 4.79 Å². The first-order valence-electron chi connectivity index (χ1n) is 10.8. The molecular weight excluding hydrogens is 402 g/mol. The number of fused-ring (bicyclic) bond motifs is 2. The largest absolute Gasteiger partial charge is 0.486 e. The van der Waals surface area contributed by atoms with Crippen molar-refractivity contribution in [1.82, 2.24) is 15.6 Å². The molecule has 2 heterocycles. The van der Waals surface area contributed by atoms with Crippen molar-refractivity contribution in [3.8, 4) is 11.5 Å². The highest BCUT2D eigenvalue weighted by molar-refractivity contribution is 5.84. The fourth-order valence-electron chi connectivity index (χ4n) is 4.10. The molecule has 0 spiro atoms. The van der Waals surface area contributed by atoms with E-state index in [2.05, 4.69) is 39.9 Å². The van der Waals surface area contributed by atoms with Crippen LogP contribution < -0.4 is 20.1 Å². The van der Waals surface area contributed by atoms with Crippen molar-refractivity contribution in [3.05, 3.63) is 96.2 Å². The minimum atomic E-state index is -0.228. The maximum absolute atomic E-state index is 12.6. The van der Waals surface area contributed by atoms with Crippen LogP contribution in [-0.4, -0.2) is 36.8 Å². The van der Waals surface area contributed by atoms with E-state index in [-0.39, 0.29) is 18.1 Å². The third-order valence-electron chi connectivity index (χ3n) is 5.72. The molecule has 2 unspecified atom stereocenters. The van der Waals surface area contributed by atoms with Crippen molar-refractivity contribution < 1.29 is 14.3 Å². The predicted molar refractivity (Wildman–Crippen MR) is 124 cm³/mol. The number of amides is 2. The Bertz CT molecular complexity index is 1210. The molecule has 4 aromatic rings. The number of carbonyl (C=O) groups is 1. The van der Waals surface area contributed by atoms with E-state index in [1.807, 2.05) is 60.8 Å². The van der Waals surface area contributed by atoms with Crippen molar-refractivity contribution in [1.29, 1.82) is 0 Å². The summed E-state index contributed by atoms with van der Waals surface area (Å²) in [6.45, 7) is 1.24. The normalized spacial score (nSPS) is 15.8. The summed E-state index contributed by atoms with van der Waals surface area (Å²) in [5.74, 6) is 1.46. The van der Waals surface area contributed by atoms with E-state index in [0.29, 0.717) is 25.4 Å². The minimum Gasteiger partial charge on any atom is -0.486 e. The van der Waals surface area contributed by atoms with Crippen molar-refractivity contribution in [3.63, 3.8) is 0 Å². The van der Waals surface area contributed by atoms with Crippen molar-refractivity contribution in [2.75, 3.05) is 19.7 Å². The number of ether oxygens (including phenoxy) is 2. The number of H-pyrrole nitrogens is 1. The molecule has 6 heteroatoms. The molecule has 3 N–H and O–H groups in total. The Morgan fingerprint density at radius 2 is 1.69 bits per heavy atom. The van der Waals surface area contributed by atoms with E-state index in [1.54, 1.807) is 0 Å². The third-order valence-corrected chi connectivity index (χ3v) is 5.72. The number of hydrogen-bond acceptors (Lipinski definition) is 3. The summed E-state index contributed by atoms with van der Waals surface area (Å²) in [5, 5.41) is 7.10. The lowest BCUT2D eigenvalue weighted by Gasteiger charge is -2.26. The quantitative estimate of drug-likeness (QED) is 0.426. The molecule has 2 amide bonds. The molecule has 6 nitrogen and oxygen atoms in total. The second kappa shape index (κ2) is 9.06. The molecule has 1 aliphatic rings. The highest BCUT2D eigenvalue weighted by atomic mass is 16.6. The topological polar surface area (TPSA) is 75.4 Å². The number of aromatic amines is 1. The number of benzene rings is 3. The van der Waals surface area contributed by atoms with E-state index < -0.39 is 0 Å². The molecule has 0 bridgehead atoms. The van der Waals surface area contributed by atoms with Gasteiger partial charge in [-0.3, -0.25) is 0 Å². The summed E-state index contributed by atoms with van der Waals surface area (Å²) in [4.78, 5) is 15.9. The second-order valence-corrected chi connectivity index (χ2v) is 7.84. The Labute approximate surface area is 186 Å². The van der Waals surface area contributed by atoms with Crippen LogP contribution >= 0.6 is 0 Å². The van der Waals surface area contributed by atoms with Crippen LogP contribution in [0.1, 0.15) is 17.0 Å². The van der Waals surface area contributed by atoms with E-state index in [0.717, 1.165) is 27.8 Å². The zero-order valence-electron chi connectivity index (χ0n) is 17.6. The average Bonchev–Trinajstić information content (AvgIpc) is 3.27. The molecule has 0 saturated heterocycles. The van der Waals surface area contributed by atoms with Gasteiger partial charge in [-0.15, -0.1) is 0 Å². The van der Waals surface area contributed by atoms with Crippen LogP contribution in [0.25, 0.3) is 10.9 Å². The number of nitrogens with one attached hydrogen (secondary N) is 3. The standard InChI is InChI=1S/C26H25N3O3/c30-26(28-14-19-17-31-24-12-6-7-13-25(24)32-19)29-15-21(18-8-2-1-3-9-18)22-16-27-23-11-5-4-10-20(22)23/h1-13,16,19,21,27H,14-15,17H2,(H2,28,29,30). The maximum Gasteiger partial charge on any atom is 0.314 e. The summed E-state index contributed by atoms with van der Waals surface area (Å²) in [7, 11) is 0. The average molecular weight is 428 g/mol. The lowest BCUT2D eigenvalue weighted by Crippen LogP contribution is -2.45. The van der Waals surface area contributed by atoms with Gasteiger partial charge < -0.3 is 25.1 Å². The van der Waals surface area contributed by atoms with Crippen LogP contribution in [0.5, 0.6) is 11.5 Å². The first-order valence-corrected chi connectivity index (χ1v) is 10.8. The van der Waals surface area contributed by atoms with Gasteiger partial charge in [0.25, 0.3) is 0 Å². The fourth-order valence-corrected chi connectivity index (χ4v) is 4.10. The van der Waals surface area contributed by atoms with Gasteiger partial charge in [-0.2, -0.15) is 0 Å². The molecule has 1 aliphatic heterocycles. The third kappa shape index (κ3) is 4.25. The maximum atomic E-state index is 12.6. The molecule has 5 rings (SSSR count). The molecule has 0 saturated carbocycles. The molecule has 32 heavy (non-hydrogen) atoms. The van der Waals surface area contributed by atoms with Gasteiger partial charge in [-0.25, -0.2) is 4.79 Å². The van der Waals surface area contributed by atoms with Gasteiger partial charge in [0.1, 0.15) is 6.61 Å². The van der Waals surface area contributed by atoms with Gasteiger partial charge in [0.05, 0.1) is 6.54 Å². The van der Waals surface area contributed by atoms with Crippen LogP contribution in [-0.2, 0) is 0 Å². The minimum absolute atomic E-state index is 0.0271. The SMILES string of the molecule is O=C(NCC1COc2ccccc2O1)NCC(c1ccccc1)c1c[nH]c2ccccc12. The Morgan fingerprint density at radius 3 is 2.56 bits per heavy atom. The Balaban J connectivity index is 1.23. The molecule has 0 fully saturated rings. The fraction of sp³-hybridized carbons (Fsp3) is 0.192. The smallest absolute Gasteiger partial charge is 0.314 e. The summed E-state index contributed by atoms with van der Waals surface area (Å²) in [5.41, 5.74) is 3.40. The Morgan fingerprint density at radius 1 is 0.938 bits per heavy atom. The van der Waals surface area contributed by atoms with E-state index in [1.165, 1.54) is 0 Å². The molecule has 1 aromatic heterocycles. The van der Waals surface area contributed by atoms with Crippen molar-refractivity contribution >= 4 is 16.9 Å². The molecule has 162 valence electrons. The zero-order valence-corrected chi connectivity index (χ0v) is 17.6. The van der Waals surface area contributed by atoms with E-state index >= 15 is 0 Å². The molecular formula is C26H25N3O3. The number of carbonyl (C=O) groups excluding carboxylic acids is 1. The summed E-state index contributed by atoms with van der Waals surface area (Å²) < 4.78 is 11.6. The molecule has 0 aliphatic carbocycles. The van der Waals surface area contributed by atoms with Gasteiger partial charge in [-0.1, -0.05) is 60.7 Å². The van der Waals surface area contributed by atoms with Crippen LogP contribution in [0.15, 0.2) is 85.1 Å². The number of rotatable bonds is 6. The number of urea groups is 1. The monoisotopic (exact) mass is 427 g/mol. The van der Waals surface area contributed by atoms with Gasteiger partial charge in [0, 0.05) is 29.6 Å². The van der Waals surface area contributed by atoms with Crippen molar-refractivity contribution in [2.24, 2.45) is 0 Å². The van der Waals surface area contributed by atoms with Gasteiger partial charge in [-0.05, 0) is 29.3 Å². The van der Waals surface area contributed by atoms with Crippen molar-refractivity contribution in [2.45, 2.75) is 12.0 Å². The van der Waals surface area contributed by atoms with Gasteiger partial charge >= 0.3 is 6.03 Å². The van der Waals surface area contributed by atoms with Crippen LogP contribution in [0.2, 0.25) is 0 Å². The number of hydrogen-bond donors (Lipinski definition) is 3. The summed E-state index contributed by atoms with van der Waals surface area (Å²) >= 11 is 0. The molecule has 2 atom stereocenters. The number of aromatic nitrogens is 1. The first-order chi connectivity index (χ1) is 15.8. The lowest BCUT2D eigenvalue weighted by molar-refractivity contribution is 0.0918. The lowest BCUT2D eigenvalue weighted by atomic mass is 9.91.